The second-order valence-corrected chi connectivity index (χ2v) is 6.78. The Balaban J connectivity index is 1.80. The molecular weight excluding hydrogens is 324 g/mol. The van der Waals surface area contributed by atoms with Gasteiger partial charge in [0.2, 0.25) is 0 Å². The number of benzene rings is 4. The summed E-state index contributed by atoms with van der Waals surface area (Å²) in [5.74, 6) is 0. The molecule has 26 heavy (non-hydrogen) atoms. The van der Waals surface area contributed by atoms with E-state index in [1.165, 1.54) is 26.9 Å². The number of H-pyrrole nitrogens is 1. The maximum absolute atomic E-state index is 12.2. The summed E-state index contributed by atoms with van der Waals surface area (Å²) in [5.41, 5.74) is 0.875. The molecular formula is C22H16N2O2. The highest BCUT2D eigenvalue weighted by atomic mass is 16.2. The molecule has 1 heterocycles. The fraction of sp³-hybridized carbons (Fsp3) is 0.0909. The van der Waals surface area contributed by atoms with Crippen molar-refractivity contribution in [3.63, 3.8) is 0 Å². The lowest BCUT2D eigenvalue weighted by Crippen LogP contribution is -2.31. The van der Waals surface area contributed by atoms with Crippen LogP contribution in [0.1, 0.15) is 11.1 Å². The van der Waals surface area contributed by atoms with Crippen molar-refractivity contribution >= 4 is 32.3 Å². The van der Waals surface area contributed by atoms with Gasteiger partial charge in [0.15, 0.2) is 0 Å². The molecule has 4 aromatic carbocycles. The second kappa shape index (κ2) is 5.30. The molecule has 126 valence electrons. The fourth-order valence-corrected chi connectivity index (χ4v) is 3.85. The Morgan fingerprint density at radius 1 is 0.846 bits per heavy atom. The van der Waals surface area contributed by atoms with Gasteiger partial charge in [0.25, 0.3) is 5.56 Å². The molecule has 1 N–H and O–H groups in total. The van der Waals surface area contributed by atoms with Gasteiger partial charge in [-0.1, -0.05) is 54.6 Å². The first-order valence-electron chi connectivity index (χ1n) is 8.57. The third kappa shape index (κ3) is 2.09. The van der Waals surface area contributed by atoms with Crippen LogP contribution in [0.15, 0.2) is 70.4 Å². The number of hydrogen-bond acceptors (Lipinski definition) is 2. The smallest absolute Gasteiger partial charge is 0.296 e. The molecule has 5 aromatic rings. The van der Waals surface area contributed by atoms with Crippen molar-refractivity contribution in [2.75, 3.05) is 0 Å². The average Bonchev–Trinajstić information content (AvgIpc) is 2.65. The summed E-state index contributed by atoms with van der Waals surface area (Å²) in [7, 11) is 0. The van der Waals surface area contributed by atoms with Gasteiger partial charge in [-0.05, 0) is 44.8 Å². The van der Waals surface area contributed by atoms with Gasteiger partial charge in [-0.25, -0.2) is 4.79 Å². The van der Waals surface area contributed by atoms with Gasteiger partial charge in [-0.2, -0.15) is 0 Å². The highest BCUT2D eigenvalue weighted by Gasteiger charge is 2.11. The summed E-state index contributed by atoms with van der Waals surface area (Å²) in [6, 6.07) is 19.1. The van der Waals surface area contributed by atoms with Crippen molar-refractivity contribution in [3.05, 3.63) is 92.8 Å². The largest absolute Gasteiger partial charge is 0.328 e. The zero-order valence-electron chi connectivity index (χ0n) is 14.2. The van der Waals surface area contributed by atoms with E-state index < -0.39 is 0 Å². The molecule has 0 aliphatic rings. The van der Waals surface area contributed by atoms with Crippen molar-refractivity contribution in [3.8, 4) is 0 Å². The summed E-state index contributed by atoms with van der Waals surface area (Å²) >= 11 is 0. The SMILES string of the molecule is Cc1cn(Cc2ccc3ccc4cccc5ccc2c3c45)c(=O)[nH]c1=O. The summed E-state index contributed by atoms with van der Waals surface area (Å²) < 4.78 is 1.56. The summed E-state index contributed by atoms with van der Waals surface area (Å²) in [4.78, 5) is 26.2. The lowest BCUT2D eigenvalue weighted by molar-refractivity contribution is 0.717. The Bertz CT molecular complexity index is 1390. The van der Waals surface area contributed by atoms with Gasteiger partial charge in [-0.3, -0.25) is 14.3 Å². The number of nitrogens with zero attached hydrogens (tertiary/aromatic N) is 1. The molecule has 0 aliphatic heterocycles. The van der Waals surface area contributed by atoms with Gasteiger partial charge in [-0.15, -0.1) is 0 Å². The van der Waals surface area contributed by atoms with Crippen LogP contribution in [-0.4, -0.2) is 9.55 Å². The number of rotatable bonds is 2. The van der Waals surface area contributed by atoms with E-state index in [9.17, 15) is 9.59 Å². The number of nitrogens with one attached hydrogen (secondary N) is 1. The van der Waals surface area contributed by atoms with E-state index in [1.807, 2.05) is 0 Å². The molecule has 0 amide bonds. The van der Waals surface area contributed by atoms with Crippen molar-refractivity contribution < 1.29 is 0 Å². The van der Waals surface area contributed by atoms with Crippen molar-refractivity contribution in [1.82, 2.24) is 9.55 Å². The fourth-order valence-electron chi connectivity index (χ4n) is 3.85. The highest BCUT2D eigenvalue weighted by Crippen LogP contribution is 2.35. The van der Waals surface area contributed by atoms with E-state index in [0.29, 0.717) is 12.1 Å². The molecule has 0 atom stereocenters. The maximum Gasteiger partial charge on any atom is 0.328 e. The maximum atomic E-state index is 12.2. The lowest BCUT2D eigenvalue weighted by Gasteiger charge is -2.14. The lowest BCUT2D eigenvalue weighted by atomic mass is 9.92. The topological polar surface area (TPSA) is 54.9 Å². The number of aryl methyl sites for hydroxylation is 1. The average molecular weight is 340 g/mol. The van der Waals surface area contributed by atoms with Crippen LogP contribution >= 0.6 is 0 Å². The van der Waals surface area contributed by atoms with E-state index in [2.05, 4.69) is 59.6 Å². The summed E-state index contributed by atoms with van der Waals surface area (Å²) in [6.07, 6.45) is 1.62. The first-order chi connectivity index (χ1) is 12.6. The van der Waals surface area contributed by atoms with Crippen LogP contribution in [0.25, 0.3) is 32.3 Å². The van der Waals surface area contributed by atoms with E-state index >= 15 is 0 Å². The van der Waals surface area contributed by atoms with Crippen molar-refractivity contribution in [2.45, 2.75) is 13.5 Å². The van der Waals surface area contributed by atoms with Crippen LogP contribution in [0.2, 0.25) is 0 Å². The molecule has 0 fully saturated rings. The van der Waals surface area contributed by atoms with Crippen LogP contribution in [0.4, 0.5) is 0 Å². The standard InChI is InChI=1S/C22H16N2O2/c1-13-11-24(22(26)23-21(13)25)12-17-8-7-16-6-5-14-3-2-4-15-9-10-18(17)20(16)19(14)15/h2-11H,12H2,1H3,(H,23,25,26). The van der Waals surface area contributed by atoms with Gasteiger partial charge in [0, 0.05) is 11.8 Å². The predicted octanol–water partition coefficient (Wildman–Crippen LogP) is 3.79. The quantitative estimate of drug-likeness (QED) is 0.497. The number of aromatic amines is 1. The predicted molar refractivity (Wildman–Crippen MR) is 105 cm³/mol. The zero-order valence-corrected chi connectivity index (χ0v) is 14.2. The molecule has 0 bridgehead atoms. The van der Waals surface area contributed by atoms with Crippen LogP contribution in [0, 0.1) is 6.92 Å². The molecule has 0 spiro atoms. The molecule has 0 saturated carbocycles. The highest BCUT2D eigenvalue weighted by molar-refractivity contribution is 6.23. The number of hydrogen-bond donors (Lipinski definition) is 1. The molecule has 4 heteroatoms. The van der Waals surface area contributed by atoms with E-state index in [4.69, 9.17) is 0 Å². The summed E-state index contributed by atoms with van der Waals surface area (Å²) in [6.45, 7) is 2.13. The minimum absolute atomic E-state index is 0.332. The molecule has 0 aliphatic carbocycles. The normalized spacial score (nSPS) is 11.7. The molecule has 4 nitrogen and oxygen atoms in total. The Kier molecular flexibility index (Phi) is 3.04. The van der Waals surface area contributed by atoms with E-state index in [-0.39, 0.29) is 11.2 Å². The van der Waals surface area contributed by atoms with Gasteiger partial charge >= 0.3 is 5.69 Å². The van der Waals surface area contributed by atoms with Gasteiger partial charge < -0.3 is 0 Å². The Labute approximate surface area is 148 Å². The van der Waals surface area contributed by atoms with Crippen molar-refractivity contribution in [1.29, 1.82) is 0 Å². The third-order valence-electron chi connectivity index (χ3n) is 5.15. The van der Waals surface area contributed by atoms with Crippen LogP contribution in [-0.2, 0) is 6.54 Å². The van der Waals surface area contributed by atoms with Crippen LogP contribution in [0.3, 0.4) is 0 Å². The van der Waals surface area contributed by atoms with Crippen molar-refractivity contribution in [2.24, 2.45) is 0 Å². The van der Waals surface area contributed by atoms with E-state index in [0.717, 1.165) is 10.9 Å². The first-order valence-corrected chi connectivity index (χ1v) is 8.57. The molecule has 0 saturated heterocycles. The van der Waals surface area contributed by atoms with Crippen LogP contribution < -0.4 is 11.2 Å². The van der Waals surface area contributed by atoms with Crippen LogP contribution in [0.5, 0.6) is 0 Å². The minimum atomic E-state index is -0.383. The molecule has 5 rings (SSSR count). The molecule has 1 aromatic heterocycles. The molecule has 0 radical (unpaired) electrons. The third-order valence-corrected chi connectivity index (χ3v) is 5.15. The summed E-state index contributed by atoms with van der Waals surface area (Å²) in [5, 5.41) is 7.26. The minimum Gasteiger partial charge on any atom is -0.296 e. The monoisotopic (exact) mass is 340 g/mol. The van der Waals surface area contributed by atoms with Gasteiger partial charge in [0.05, 0.1) is 6.54 Å². The second-order valence-electron chi connectivity index (χ2n) is 6.78. The first kappa shape index (κ1) is 14.9. The Morgan fingerprint density at radius 2 is 1.50 bits per heavy atom. The number of aromatic nitrogens is 2. The Hall–Kier alpha value is -3.40. The zero-order chi connectivity index (χ0) is 17.8. The molecule has 0 unspecified atom stereocenters. The van der Waals surface area contributed by atoms with Gasteiger partial charge in [0.1, 0.15) is 0 Å². The van der Waals surface area contributed by atoms with E-state index in [1.54, 1.807) is 17.7 Å². The Morgan fingerprint density at radius 3 is 2.27 bits per heavy atom.